The molecule has 0 spiro atoms. The molecule has 1 saturated heterocycles. The van der Waals surface area contributed by atoms with E-state index in [9.17, 15) is 4.79 Å². The van der Waals surface area contributed by atoms with E-state index >= 15 is 0 Å². The Morgan fingerprint density at radius 2 is 2.29 bits per heavy atom. The number of nitrogens with one attached hydrogen (secondary N) is 1. The highest BCUT2D eigenvalue weighted by atomic mass is 32.2. The number of piperazine rings is 1. The van der Waals surface area contributed by atoms with Gasteiger partial charge in [-0.1, -0.05) is 6.07 Å². The van der Waals surface area contributed by atoms with Crippen LogP contribution >= 0.6 is 11.8 Å². The molecule has 92 valence electrons. The molecule has 2 heterocycles. The number of rotatable bonds is 3. The van der Waals surface area contributed by atoms with Crippen LogP contribution in [-0.4, -0.2) is 48.2 Å². The Bertz CT molecular complexity index is 391. The summed E-state index contributed by atoms with van der Waals surface area (Å²) in [5, 5.41) is 3.24. The predicted molar refractivity (Wildman–Crippen MR) is 70.2 cm³/mol. The van der Waals surface area contributed by atoms with Gasteiger partial charge < -0.3 is 10.2 Å². The third-order valence-corrected chi connectivity index (χ3v) is 3.40. The first kappa shape index (κ1) is 12.4. The lowest BCUT2D eigenvalue weighted by atomic mass is 10.2. The number of amides is 1. The second-order valence-corrected chi connectivity index (χ2v) is 4.85. The molecule has 17 heavy (non-hydrogen) atoms. The topological polar surface area (TPSA) is 45.2 Å². The van der Waals surface area contributed by atoms with Gasteiger partial charge in [-0.25, -0.2) is 0 Å². The standard InChI is InChI=1S/C12H17N3OS/c1-17-9-10-3-2-4-14-11(10)12(16)15-7-5-13-6-8-15/h2-4,13H,5-9H2,1H3. The van der Waals surface area contributed by atoms with Gasteiger partial charge in [0.15, 0.2) is 0 Å². The molecular formula is C12H17N3OS. The van der Waals surface area contributed by atoms with Gasteiger partial charge in [0.1, 0.15) is 5.69 Å². The molecule has 1 N–H and O–H groups in total. The van der Waals surface area contributed by atoms with Gasteiger partial charge in [-0.05, 0) is 17.9 Å². The van der Waals surface area contributed by atoms with Crippen LogP contribution in [0.1, 0.15) is 16.1 Å². The van der Waals surface area contributed by atoms with Crippen LogP contribution in [0.15, 0.2) is 18.3 Å². The van der Waals surface area contributed by atoms with E-state index in [1.165, 1.54) is 0 Å². The smallest absolute Gasteiger partial charge is 0.272 e. The lowest BCUT2D eigenvalue weighted by Gasteiger charge is -2.27. The zero-order valence-electron chi connectivity index (χ0n) is 9.98. The van der Waals surface area contributed by atoms with E-state index in [-0.39, 0.29) is 5.91 Å². The molecule has 1 aromatic rings. The molecule has 0 atom stereocenters. The summed E-state index contributed by atoms with van der Waals surface area (Å²) in [6, 6.07) is 3.87. The van der Waals surface area contributed by atoms with E-state index in [1.807, 2.05) is 23.3 Å². The van der Waals surface area contributed by atoms with Crippen molar-refractivity contribution in [2.24, 2.45) is 0 Å². The third-order valence-electron chi connectivity index (χ3n) is 2.80. The Hall–Kier alpha value is -1.07. The first-order valence-corrected chi connectivity index (χ1v) is 7.15. The van der Waals surface area contributed by atoms with Crippen molar-refractivity contribution in [3.63, 3.8) is 0 Å². The second-order valence-electron chi connectivity index (χ2n) is 3.99. The van der Waals surface area contributed by atoms with Crippen molar-refractivity contribution in [2.75, 3.05) is 32.4 Å². The SMILES string of the molecule is CSCc1cccnc1C(=O)N1CCNCC1. The third kappa shape index (κ3) is 2.98. The van der Waals surface area contributed by atoms with Gasteiger partial charge in [-0.15, -0.1) is 0 Å². The van der Waals surface area contributed by atoms with Crippen molar-refractivity contribution in [3.8, 4) is 0 Å². The Balaban J connectivity index is 2.17. The van der Waals surface area contributed by atoms with E-state index in [0.29, 0.717) is 5.69 Å². The minimum Gasteiger partial charge on any atom is -0.335 e. The fourth-order valence-electron chi connectivity index (χ4n) is 1.92. The molecular weight excluding hydrogens is 234 g/mol. The van der Waals surface area contributed by atoms with Crippen molar-refractivity contribution in [1.29, 1.82) is 0 Å². The fourth-order valence-corrected chi connectivity index (χ4v) is 2.46. The molecule has 2 rings (SSSR count). The van der Waals surface area contributed by atoms with Crippen LogP contribution in [-0.2, 0) is 5.75 Å². The Labute approximate surface area is 106 Å². The van der Waals surface area contributed by atoms with Crippen molar-refractivity contribution in [2.45, 2.75) is 5.75 Å². The van der Waals surface area contributed by atoms with Crippen LogP contribution in [0.25, 0.3) is 0 Å². The van der Waals surface area contributed by atoms with Gasteiger partial charge in [0, 0.05) is 38.1 Å². The van der Waals surface area contributed by atoms with Crippen LogP contribution < -0.4 is 5.32 Å². The minimum atomic E-state index is 0.0659. The summed E-state index contributed by atoms with van der Waals surface area (Å²) in [4.78, 5) is 18.4. The Kier molecular flexibility index (Phi) is 4.39. The summed E-state index contributed by atoms with van der Waals surface area (Å²) < 4.78 is 0. The van der Waals surface area contributed by atoms with Gasteiger partial charge in [0.05, 0.1) is 0 Å². The zero-order valence-corrected chi connectivity index (χ0v) is 10.8. The molecule has 1 aliphatic heterocycles. The molecule has 1 fully saturated rings. The van der Waals surface area contributed by atoms with Crippen molar-refractivity contribution < 1.29 is 4.79 Å². The molecule has 1 aliphatic rings. The minimum absolute atomic E-state index is 0.0659. The first-order chi connectivity index (χ1) is 8.33. The summed E-state index contributed by atoms with van der Waals surface area (Å²) in [6.45, 7) is 3.29. The summed E-state index contributed by atoms with van der Waals surface area (Å²) in [5.41, 5.74) is 1.65. The van der Waals surface area contributed by atoms with E-state index in [0.717, 1.165) is 37.5 Å². The highest BCUT2D eigenvalue weighted by Crippen LogP contribution is 2.14. The molecule has 0 radical (unpaired) electrons. The molecule has 0 unspecified atom stereocenters. The maximum Gasteiger partial charge on any atom is 0.272 e. The van der Waals surface area contributed by atoms with Gasteiger partial charge in [-0.2, -0.15) is 11.8 Å². The highest BCUT2D eigenvalue weighted by Gasteiger charge is 2.21. The largest absolute Gasteiger partial charge is 0.335 e. The Morgan fingerprint density at radius 1 is 1.53 bits per heavy atom. The summed E-state index contributed by atoms with van der Waals surface area (Å²) >= 11 is 1.71. The summed E-state index contributed by atoms with van der Waals surface area (Å²) in [7, 11) is 0. The molecule has 0 aliphatic carbocycles. The molecule has 1 amide bonds. The lowest BCUT2D eigenvalue weighted by Crippen LogP contribution is -2.46. The molecule has 0 saturated carbocycles. The zero-order chi connectivity index (χ0) is 12.1. The van der Waals surface area contributed by atoms with Crippen LogP contribution in [0.3, 0.4) is 0 Å². The summed E-state index contributed by atoms with van der Waals surface area (Å²) in [6.07, 6.45) is 3.73. The van der Waals surface area contributed by atoms with Gasteiger partial charge in [-0.3, -0.25) is 9.78 Å². The van der Waals surface area contributed by atoms with E-state index in [1.54, 1.807) is 18.0 Å². The number of carbonyl (C=O) groups excluding carboxylic acids is 1. The molecule has 0 aromatic carbocycles. The highest BCUT2D eigenvalue weighted by molar-refractivity contribution is 7.97. The normalized spacial score (nSPS) is 15.9. The van der Waals surface area contributed by atoms with Crippen molar-refractivity contribution in [3.05, 3.63) is 29.6 Å². The van der Waals surface area contributed by atoms with Crippen LogP contribution in [0, 0.1) is 0 Å². The van der Waals surface area contributed by atoms with Crippen LogP contribution in [0.5, 0.6) is 0 Å². The number of aromatic nitrogens is 1. The second kappa shape index (κ2) is 6.02. The van der Waals surface area contributed by atoms with Crippen LogP contribution in [0.2, 0.25) is 0 Å². The van der Waals surface area contributed by atoms with Crippen LogP contribution in [0.4, 0.5) is 0 Å². The van der Waals surface area contributed by atoms with E-state index in [4.69, 9.17) is 0 Å². The fraction of sp³-hybridized carbons (Fsp3) is 0.500. The predicted octanol–water partition coefficient (Wildman–Crippen LogP) is 0.990. The summed E-state index contributed by atoms with van der Waals surface area (Å²) in [5.74, 6) is 0.900. The number of hydrogen-bond donors (Lipinski definition) is 1. The number of pyridine rings is 1. The van der Waals surface area contributed by atoms with E-state index < -0.39 is 0 Å². The maximum absolute atomic E-state index is 12.3. The van der Waals surface area contributed by atoms with Crippen molar-refractivity contribution in [1.82, 2.24) is 15.2 Å². The monoisotopic (exact) mass is 251 g/mol. The van der Waals surface area contributed by atoms with Gasteiger partial charge in [0.2, 0.25) is 0 Å². The lowest BCUT2D eigenvalue weighted by molar-refractivity contribution is 0.0729. The molecule has 4 nitrogen and oxygen atoms in total. The number of carbonyl (C=O) groups is 1. The maximum atomic E-state index is 12.3. The van der Waals surface area contributed by atoms with E-state index in [2.05, 4.69) is 10.3 Å². The number of thioether (sulfide) groups is 1. The van der Waals surface area contributed by atoms with Crippen molar-refractivity contribution >= 4 is 17.7 Å². The molecule has 0 bridgehead atoms. The molecule has 1 aromatic heterocycles. The quantitative estimate of drug-likeness (QED) is 0.870. The first-order valence-electron chi connectivity index (χ1n) is 5.75. The average molecular weight is 251 g/mol. The Morgan fingerprint density at radius 3 is 3.00 bits per heavy atom. The van der Waals surface area contributed by atoms with Gasteiger partial charge in [0.25, 0.3) is 5.91 Å². The number of hydrogen-bond acceptors (Lipinski definition) is 4. The average Bonchev–Trinajstić information content (AvgIpc) is 2.40. The number of nitrogens with zero attached hydrogens (tertiary/aromatic N) is 2. The molecule has 5 heteroatoms. The van der Waals surface area contributed by atoms with Gasteiger partial charge >= 0.3 is 0 Å².